The lowest BCUT2D eigenvalue weighted by Gasteiger charge is -2.22. The van der Waals surface area contributed by atoms with E-state index in [1.165, 1.54) is 0 Å². The summed E-state index contributed by atoms with van der Waals surface area (Å²) in [5, 5.41) is 2.79. The van der Waals surface area contributed by atoms with Crippen molar-refractivity contribution in [2.75, 3.05) is 13.7 Å². The van der Waals surface area contributed by atoms with Crippen molar-refractivity contribution in [1.82, 2.24) is 5.32 Å². The molecule has 6 heteroatoms. The van der Waals surface area contributed by atoms with Crippen LogP contribution in [0.3, 0.4) is 0 Å². The fourth-order valence-corrected chi connectivity index (χ4v) is 2.07. The second-order valence-corrected chi connectivity index (χ2v) is 5.94. The highest BCUT2D eigenvalue weighted by Gasteiger charge is 2.28. The first-order valence-corrected chi connectivity index (χ1v) is 8.22. The molecule has 0 bridgehead atoms. The number of esters is 1. The van der Waals surface area contributed by atoms with Gasteiger partial charge in [-0.25, -0.2) is 4.79 Å². The predicted octanol–water partition coefficient (Wildman–Crippen LogP) is 2.47. The van der Waals surface area contributed by atoms with Crippen molar-refractivity contribution in [2.24, 2.45) is 5.92 Å². The van der Waals surface area contributed by atoms with E-state index in [0.717, 1.165) is 5.56 Å². The van der Waals surface area contributed by atoms with E-state index >= 15 is 0 Å². The highest BCUT2D eigenvalue weighted by molar-refractivity contribution is 5.85. The van der Waals surface area contributed by atoms with Crippen LogP contribution in [0.15, 0.2) is 36.9 Å². The van der Waals surface area contributed by atoms with Crippen LogP contribution >= 0.6 is 0 Å². The quantitative estimate of drug-likeness (QED) is 0.519. The fourth-order valence-electron chi connectivity index (χ4n) is 2.07. The smallest absolute Gasteiger partial charge is 0.335 e. The Morgan fingerprint density at radius 2 is 2.00 bits per heavy atom. The molecule has 1 aromatic rings. The van der Waals surface area contributed by atoms with Crippen LogP contribution in [0.5, 0.6) is 5.75 Å². The lowest BCUT2D eigenvalue weighted by molar-refractivity contribution is -0.168. The second-order valence-electron chi connectivity index (χ2n) is 5.94. The highest BCUT2D eigenvalue weighted by Crippen LogP contribution is 2.13. The average Bonchev–Trinajstić information content (AvgIpc) is 2.61. The van der Waals surface area contributed by atoms with Gasteiger partial charge in [0, 0.05) is 6.54 Å². The van der Waals surface area contributed by atoms with E-state index < -0.39 is 18.2 Å². The molecular weight excluding hydrogens is 322 g/mol. The molecule has 1 rings (SSSR count). The van der Waals surface area contributed by atoms with Crippen molar-refractivity contribution in [2.45, 2.75) is 39.5 Å². The minimum Gasteiger partial charge on any atom is -0.497 e. The molecule has 0 aromatic heterocycles. The topological polar surface area (TPSA) is 73.9 Å². The summed E-state index contributed by atoms with van der Waals surface area (Å²) in [7, 11) is 1.58. The number of carbonyl (C=O) groups is 2. The van der Waals surface area contributed by atoms with Crippen LogP contribution < -0.4 is 10.1 Å². The van der Waals surface area contributed by atoms with E-state index in [4.69, 9.17) is 14.2 Å². The fraction of sp³-hybridized carbons (Fsp3) is 0.474. The Morgan fingerprint density at radius 3 is 2.60 bits per heavy atom. The Kier molecular flexibility index (Phi) is 8.70. The zero-order valence-corrected chi connectivity index (χ0v) is 15.3. The van der Waals surface area contributed by atoms with E-state index in [1.807, 2.05) is 38.1 Å². The van der Waals surface area contributed by atoms with Gasteiger partial charge in [-0.15, -0.1) is 6.58 Å². The minimum absolute atomic E-state index is 0.166. The summed E-state index contributed by atoms with van der Waals surface area (Å²) >= 11 is 0. The molecule has 0 aliphatic rings. The van der Waals surface area contributed by atoms with Gasteiger partial charge in [-0.2, -0.15) is 0 Å². The third kappa shape index (κ3) is 6.97. The largest absolute Gasteiger partial charge is 0.497 e. The van der Waals surface area contributed by atoms with Crippen LogP contribution in [-0.2, 0) is 25.6 Å². The highest BCUT2D eigenvalue weighted by atomic mass is 16.6. The molecule has 2 unspecified atom stereocenters. The third-order valence-electron chi connectivity index (χ3n) is 3.50. The summed E-state index contributed by atoms with van der Waals surface area (Å²) < 4.78 is 15.7. The Bertz CT molecular complexity index is 585. The Labute approximate surface area is 149 Å². The van der Waals surface area contributed by atoms with Gasteiger partial charge in [0.1, 0.15) is 5.75 Å². The van der Waals surface area contributed by atoms with Gasteiger partial charge in [0.25, 0.3) is 5.91 Å². The van der Waals surface area contributed by atoms with Crippen molar-refractivity contribution in [3.8, 4) is 5.75 Å². The lowest BCUT2D eigenvalue weighted by Crippen LogP contribution is -2.42. The molecule has 0 heterocycles. The first kappa shape index (κ1) is 20.7. The number of ether oxygens (including phenoxy) is 3. The van der Waals surface area contributed by atoms with Crippen LogP contribution in [0.4, 0.5) is 0 Å². The van der Waals surface area contributed by atoms with Gasteiger partial charge in [-0.05, 0) is 30.5 Å². The molecule has 1 aromatic carbocycles. The summed E-state index contributed by atoms with van der Waals surface area (Å²) in [5.41, 5.74) is 0.893. The zero-order chi connectivity index (χ0) is 18.8. The van der Waals surface area contributed by atoms with Crippen LogP contribution in [0.1, 0.15) is 26.3 Å². The van der Waals surface area contributed by atoms with Crippen molar-refractivity contribution in [1.29, 1.82) is 0 Å². The SMILES string of the molecule is C=CCOC(C)C(=O)OC(C(=O)NCc1cccc(OC)c1)C(C)C. The molecule has 0 aliphatic carbocycles. The molecule has 2 atom stereocenters. The van der Waals surface area contributed by atoms with Crippen molar-refractivity contribution in [3.05, 3.63) is 42.5 Å². The molecule has 0 aliphatic heterocycles. The van der Waals surface area contributed by atoms with Gasteiger partial charge >= 0.3 is 5.97 Å². The number of hydrogen-bond donors (Lipinski definition) is 1. The van der Waals surface area contributed by atoms with Gasteiger partial charge in [-0.3, -0.25) is 4.79 Å². The molecule has 1 N–H and O–H groups in total. The summed E-state index contributed by atoms with van der Waals surface area (Å²) in [6, 6.07) is 7.39. The Balaban J connectivity index is 2.63. The zero-order valence-electron chi connectivity index (χ0n) is 15.3. The molecule has 6 nitrogen and oxygen atoms in total. The molecule has 138 valence electrons. The Hall–Kier alpha value is -2.34. The monoisotopic (exact) mass is 349 g/mol. The van der Waals surface area contributed by atoms with E-state index in [-0.39, 0.29) is 18.4 Å². The van der Waals surface area contributed by atoms with Gasteiger partial charge in [0.05, 0.1) is 13.7 Å². The molecule has 1 amide bonds. The molecule has 0 radical (unpaired) electrons. The van der Waals surface area contributed by atoms with Gasteiger partial charge in [-0.1, -0.05) is 32.1 Å². The first-order chi connectivity index (χ1) is 11.9. The number of nitrogens with one attached hydrogen (secondary N) is 1. The number of rotatable bonds is 10. The molecule has 0 fully saturated rings. The maximum absolute atomic E-state index is 12.4. The standard InChI is InChI=1S/C19H27NO5/c1-6-10-24-14(4)19(22)25-17(13(2)3)18(21)20-12-15-8-7-9-16(11-15)23-5/h6-9,11,13-14,17H,1,10,12H2,2-5H3,(H,20,21). The maximum atomic E-state index is 12.4. The number of carbonyl (C=O) groups excluding carboxylic acids is 2. The number of methoxy groups -OCH3 is 1. The van der Waals surface area contributed by atoms with E-state index in [0.29, 0.717) is 12.3 Å². The summed E-state index contributed by atoms with van der Waals surface area (Å²) in [6.45, 7) is 9.30. The molecule has 25 heavy (non-hydrogen) atoms. The van der Waals surface area contributed by atoms with Gasteiger partial charge in [0.15, 0.2) is 12.2 Å². The maximum Gasteiger partial charge on any atom is 0.335 e. The van der Waals surface area contributed by atoms with Crippen LogP contribution in [0, 0.1) is 5.92 Å². The molecule has 0 spiro atoms. The van der Waals surface area contributed by atoms with Gasteiger partial charge < -0.3 is 19.5 Å². The van der Waals surface area contributed by atoms with Gasteiger partial charge in [0.2, 0.25) is 0 Å². The van der Waals surface area contributed by atoms with Crippen molar-refractivity contribution in [3.63, 3.8) is 0 Å². The Morgan fingerprint density at radius 1 is 1.28 bits per heavy atom. The average molecular weight is 349 g/mol. The van der Waals surface area contributed by atoms with E-state index in [1.54, 1.807) is 20.1 Å². The molecular formula is C19H27NO5. The number of benzene rings is 1. The van der Waals surface area contributed by atoms with Crippen LogP contribution in [-0.4, -0.2) is 37.8 Å². The molecule has 0 saturated heterocycles. The van der Waals surface area contributed by atoms with E-state index in [9.17, 15) is 9.59 Å². The number of amides is 1. The summed E-state index contributed by atoms with van der Waals surface area (Å²) in [6.07, 6.45) is -0.0943. The summed E-state index contributed by atoms with van der Waals surface area (Å²) in [5.74, 6) is -0.369. The normalized spacial score (nSPS) is 13.0. The minimum atomic E-state index is -0.882. The third-order valence-corrected chi connectivity index (χ3v) is 3.50. The first-order valence-electron chi connectivity index (χ1n) is 8.22. The van der Waals surface area contributed by atoms with Crippen LogP contribution in [0.2, 0.25) is 0 Å². The van der Waals surface area contributed by atoms with Crippen molar-refractivity contribution < 1.29 is 23.8 Å². The number of hydrogen-bond acceptors (Lipinski definition) is 5. The summed E-state index contributed by atoms with van der Waals surface area (Å²) in [4.78, 5) is 24.5. The predicted molar refractivity (Wildman–Crippen MR) is 95.2 cm³/mol. The lowest BCUT2D eigenvalue weighted by atomic mass is 10.1. The van der Waals surface area contributed by atoms with Crippen LogP contribution in [0.25, 0.3) is 0 Å². The van der Waals surface area contributed by atoms with E-state index in [2.05, 4.69) is 11.9 Å². The molecule has 0 saturated carbocycles. The second kappa shape index (κ2) is 10.5. The van der Waals surface area contributed by atoms with Crippen molar-refractivity contribution >= 4 is 11.9 Å².